The number of alkyl halides is 3. The maximum Gasteiger partial charge on any atom is 0.390 e. The third-order valence-corrected chi connectivity index (χ3v) is 3.19. The Hall–Kier alpha value is -1.79. The summed E-state index contributed by atoms with van der Waals surface area (Å²) in [6.45, 7) is 5.54. The first-order chi connectivity index (χ1) is 9.31. The van der Waals surface area contributed by atoms with Gasteiger partial charge in [-0.2, -0.15) is 22.8 Å². The van der Waals surface area contributed by atoms with Crippen molar-refractivity contribution >= 4 is 11.5 Å². The van der Waals surface area contributed by atoms with Gasteiger partial charge in [-0.15, -0.1) is 0 Å². The maximum absolute atomic E-state index is 12.2. The minimum atomic E-state index is -4.16. The first-order valence-corrected chi connectivity index (χ1v) is 6.48. The van der Waals surface area contributed by atoms with Gasteiger partial charge < -0.3 is 5.32 Å². The number of nitrogens with one attached hydrogen (secondary N) is 1. The second kappa shape index (κ2) is 5.30. The zero-order valence-corrected chi connectivity index (χ0v) is 11.7. The standard InChI is InChI=1S/C13H17F3N4/c1-4-10-7-11(17-6-5-13(14,15)16)20-12(18-10)8(2)9(3)19-20/h7,17H,4-6H2,1-3H3. The van der Waals surface area contributed by atoms with E-state index in [0.29, 0.717) is 17.9 Å². The molecule has 0 aromatic carbocycles. The van der Waals surface area contributed by atoms with Gasteiger partial charge in [-0.1, -0.05) is 6.92 Å². The summed E-state index contributed by atoms with van der Waals surface area (Å²) in [7, 11) is 0. The van der Waals surface area contributed by atoms with Crippen molar-refractivity contribution in [1.82, 2.24) is 14.6 Å². The van der Waals surface area contributed by atoms with Crippen molar-refractivity contribution in [2.75, 3.05) is 11.9 Å². The summed E-state index contributed by atoms with van der Waals surface area (Å²) >= 11 is 0. The summed E-state index contributed by atoms with van der Waals surface area (Å²) in [5.74, 6) is 0.548. The molecular weight excluding hydrogens is 269 g/mol. The molecule has 7 heteroatoms. The van der Waals surface area contributed by atoms with Crippen molar-refractivity contribution in [3.63, 3.8) is 0 Å². The number of hydrogen-bond donors (Lipinski definition) is 1. The zero-order chi connectivity index (χ0) is 14.9. The van der Waals surface area contributed by atoms with Crippen molar-refractivity contribution in [1.29, 1.82) is 0 Å². The van der Waals surface area contributed by atoms with E-state index in [1.807, 2.05) is 20.8 Å². The quantitative estimate of drug-likeness (QED) is 0.938. The summed E-state index contributed by atoms with van der Waals surface area (Å²) in [6, 6.07) is 1.75. The Balaban J connectivity index is 2.33. The number of anilines is 1. The van der Waals surface area contributed by atoms with Crippen LogP contribution < -0.4 is 5.32 Å². The molecule has 0 saturated carbocycles. The Morgan fingerprint density at radius 2 is 2.00 bits per heavy atom. The van der Waals surface area contributed by atoms with Crippen LogP contribution in [0.1, 0.15) is 30.3 Å². The molecule has 0 amide bonds. The second-order valence-electron chi connectivity index (χ2n) is 4.72. The molecule has 1 N–H and O–H groups in total. The van der Waals surface area contributed by atoms with Gasteiger partial charge in [-0.25, -0.2) is 4.98 Å². The second-order valence-corrected chi connectivity index (χ2v) is 4.72. The molecule has 0 spiro atoms. The molecule has 0 aliphatic heterocycles. The van der Waals surface area contributed by atoms with E-state index in [2.05, 4.69) is 15.4 Å². The Morgan fingerprint density at radius 3 is 2.60 bits per heavy atom. The van der Waals surface area contributed by atoms with E-state index in [0.717, 1.165) is 17.0 Å². The molecule has 110 valence electrons. The molecule has 2 aromatic heterocycles. The predicted molar refractivity (Wildman–Crippen MR) is 71.0 cm³/mol. The van der Waals surface area contributed by atoms with Crippen LogP contribution in [0.5, 0.6) is 0 Å². The summed E-state index contributed by atoms with van der Waals surface area (Å²) in [5.41, 5.74) is 3.29. The van der Waals surface area contributed by atoms with Gasteiger partial charge in [0.15, 0.2) is 5.65 Å². The molecule has 2 rings (SSSR count). The molecule has 2 heterocycles. The molecule has 0 aliphatic rings. The van der Waals surface area contributed by atoms with Crippen molar-refractivity contribution in [3.8, 4) is 0 Å². The van der Waals surface area contributed by atoms with E-state index in [4.69, 9.17) is 0 Å². The van der Waals surface area contributed by atoms with Crippen LogP contribution in [0.15, 0.2) is 6.07 Å². The lowest BCUT2D eigenvalue weighted by molar-refractivity contribution is -0.131. The summed E-state index contributed by atoms with van der Waals surface area (Å²) in [6.07, 6.45) is -4.33. The molecule has 20 heavy (non-hydrogen) atoms. The topological polar surface area (TPSA) is 42.2 Å². The average molecular weight is 286 g/mol. The maximum atomic E-state index is 12.2. The van der Waals surface area contributed by atoms with E-state index in [9.17, 15) is 13.2 Å². The Labute approximate surface area is 115 Å². The van der Waals surface area contributed by atoms with E-state index in [1.54, 1.807) is 10.6 Å². The number of fused-ring (bicyclic) bond motifs is 1. The highest BCUT2D eigenvalue weighted by Crippen LogP contribution is 2.21. The third-order valence-electron chi connectivity index (χ3n) is 3.19. The molecule has 0 fully saturated rings. The highest BCUT2D eigenvalue weighted by Gasteiger charge is 2.26. The number of aromatic nitrogens is 3. The van der Waals surface area contributed by atoms with Gasteiger partial charge in [0, 0.05) is 23.9 Å². The predicted octanol–water partition coefficient (Wildman–Crippen LogP) is 3.27. The van der Waals surface area contributed by atoms with Crippen LogP contribution in [0, 0.1) is 13.8 Å². The number of halogens is 3. The zero-order valence-electron chi connectivity index (χ0n) is 11.7. The fourth-order valence-electron chi connectivity index (χ4n) is 1.92. The minimum Gasteiger partial charge on any atom is -0.370 e. The number of rotatable bonds is 4. The van der Waals surface area contributed by atoms with Gasteiger partial charge >= 0.3 is 6.18 Å². The molecule has 0 bridgehead atoms. The number of nitrogens with zero attached hydrogens (tertiary/aromatic N) is 3. The van der Waals surface area contributed by atoms with Gasteiger partial charge in [0.25, 0.3) is 0 Å². The van der Waals surface area contributed by atoms with Crippen molar-refractivity contribution in [3.05, 3.63) is 23.0 Å². The van der Waals surface area contributed by atoms with Crippen molar-refractivity contribution < 1.29 is 13.2 Å². The van der Waals surface area contributed by atoms with Gasteiger partial charge in [0.05, 0.1) is 12.1 Å². The molecular formula is C13H17F3N4. The normalized spacial score (nSPS) is 12.1. The van der Waals surface area contributed by atoms with Gasteiger partial charge in [-0.05, 0) is 20.3 Å². The number of aryl methyl sites for hydroxylation is 3. The van der Waals surface area contributed by atoms with E-state index in [-0.39, 0.29) is 6.54 Å². The lowest BCUT2D eigenvalue weighted by atomic mass is 10.2. The van der Waals surface area contributed by atoms with Crippen LogP contribution in [0.2, 0.25) is 0 Å². The van der Waals surface area contributed by atoms with Crippen molar-refractivity contribution in [2.24, 2.45) is 0 Å². The summed E-state index contributed by atoms with van der Waals surface area (Å²) < 4.78 is 38.2. The highest BCUT2D eigenvalue weighted by molar-refractivity contribution is 5.56. The molecule has 0 aliphatic carbocycles. The first kappa shape index (κ1) is 14.6. The van der Waals surface area contributed by atoms with Crippen LogP contribution in [0.25, 0.3) is 5.65 Å². The Kier molecular flexibility index (Phi) is 3.87. The minimum absolute atomic E-state index is 0.177. The molecule has 4 nitrogen and oxygen atoms in total. The summed E-state index contributed by atoms with van der Waals surface area (Å²) in [5, 5.41) is 7.11. The molecule has 0 unspecified atom stereocenters. The van der Waals surface area contributed by atoms with Crippen LogP contribution in [-0.2, 0) is 6.42 Å². The van der Waals surface area contributed by atoms with E-state index >= 15 is 0 Å². The van der Waals surface area contributed by atoms with Crippen LogP contribution in [-0.4, -0.2) is 27.3 Å². The van der Waals surface area contributed by atoms with E-state index < -0.39 is 12.6 Å². The van der Waals surface area contributed by atoms with Crippen molar-refractivity contribution in [2.45, 2.75) is 39.8 Å². The Morgan fingerprint density at radius 1 is 1.30 bits per heavy atom. The van der Waals surface area contributed by atoms with Crippen LogP contribution in [0.4, 0.5) is 19.0 Å². The van der Waals surface area contributed by atoms with E-state index in [1.165, 1.54) is 0 Å². The SMILES string of the molecule is CCc1cc(NCCC(F)(F)F)n2nc(C)c(C)c2n1. The van der Waals surface area contributed by atoms with Crippen LogP contribution >= 0.6 is 0 Å². The van der Waals surface area contributed by atoms with Gasteiger partial charge in [-0.3, -0.25) is 0 Å². The lowest BCUT2D eigenvalue weighted by Crippen LogP contribution is -2.16. The highest BCUT2D eigenvalue weighted by atomic mass is 19.4. The monoisotopic (exact) mass is 286 g/mol. The van der Waals surface area contributed by atoms with Crippen LogP contribution in [0.3, 0.4) is 0 Å². The fourth-order valence-corrected chi connectivity index (χ4v) is 1.92. The fraction of sp³-hybridized carbons (Fsp3) is 0.538. The molecule has 2 aromatic rings. The van der Waals surface area contributed by atoms with Gasteiger partial charge in [0.2, 0.25) is 0 Å². The lowest BCUT2D eigenvalue weighted by Gasteiger charge is -2.11. The largest absolute Gasteiger partial charge is 0.390 e. The third kappa shape index (κ3) is 3.02. The Bertz CT molecular complexity index is 616. The van der Waals surface area contributed by atoms with Gasteiger partial charge in [0.1, 0.15) is 5.82 Å². The molecule has 0 atom stereocenters. The smallest absolute Gasteiger partial charge is 0.370 e. The number of hydrogen-bond acceptors (Lipinski definition) is 3. The molecule has 0 radical (unpaired) electrons. The first-order valence-electron chi connectivity index (χ1n) is 6.48. The molecule has 0 saturated heterocycles. The summed E-state index contributed by atoms with van der Waals surface area (Å²) in [4.78, 5) is 4.47. The average Bonchev–Trinajstić information content (AvgIpc) is 2.64.